The second-order valence-corrected chi connectivity index (χ2v) is 10.8. The Kier molecular flexibility index (Phi) is 9.71. The number of rotatable bonds is 9. The van der Waals surface area contributed by atoms with Crippen LogP contribution in [0.5, 0.6) is 0 Å². The van der Waals surface area contributed by atoms with E-state index < -0.39 is 49.2 Å². The quantitative estimate of drug-likeness (QED) is 0.185. The first-order valence-corrected chi connectivity index (χ1v) is 12.8. The lowest BCUT2D eigenvalue weighted by atomic mass is 9.93. The van der Waals surface area contributed by atoms with Gasteiger partial charge in [-0.1, -0.05) is 30.3 Å². The molecule has 0 aliphatic carbocycles. The van der Waals surface area contributed by atoms with Crippen molar-refractivity contribution in [1.29, 1.82) is 5.26 Å². The van der Waals surface area contributed by atoms with Crippen LogP contribution < -0.4 is 5.32 Å². The Hall–Kier alpha value is -3.05. The molecule has 1 aromatic rings. The third-order valence-corrected chi connectivity index (χ3v) is 6.95. The summed E-state index contributed by atoms with van der Waals surface area (Å²) in [4.78, 5) is 29.0. The molecule has 2 amide bonds. The van der Waals surface area contributed by atoms with Gasteiger partial charge in [0, 0.05) is 31.5 Å². The first-order chi connectivity index (χ1) is 18.2. The van der Waals surface area contributed by atoms with Gasteiger partial charge in [0.05, 0.1) is 13.1 Å². The summed E-state index contributed by atoms with van der Waals surface area (Å²) >= 11 is 0. The average Bonchev–Trinajstić information content (AvgIpc) is 3.22. The highest BCUT2D eigenvalue weighted by molar-refractivity contribution is 6.32. The Morgan fingerprint density at radius 3 is 2.51 bits per heavy atom. The van der Waals surface area contributed by atoms with Crippen LogP contribution in [0.1, 0.15) is 45.6 Å². The van der Waals surface area contributed by atoms with Crippen LogP contribution in [0.3, 0.4) is 0 Å². The molecule has 1 aromatic carbocycles. The van der Waals surface area contributed by atoms with Gasteiger partial charge in [-0.2, -0.15) is 5.26 Å². The number of alkyl halides is 2. The van der Waals surface area contributed by atoms with E-state index in [1.807, 2.05) is 12.1 Å². The molecule has 2 saturated heterocycles. The monoisotopic (exact) mass is 548 g/mol. The number of benzene rings is 1. The molecule has 0 spiro atoms. The van der Waals surface area contributed by atoms with Crippen LogP contribution in [-0.4, -0.2) is 88.6 Å². The lowest BCUT2D eigenvalue weighted by Crippen LogP contribution is -2.53. The van der Waals surface area contributed by atoms with Crippen LogP contribution in [0.15, 0.2) is 42.0 Å². The van der Waals surface area contributed by atoms with Crippen LogP contribution >= 0.6 is 0 Å². The van der Waals surface area contributed by atoms with E-state index in [1.54, 1.807) is 49.9 Å². The highest BCUT2D eigenvalue weighted by Crippen LogP contribution is 2.33. The summed E-state index contributed by atoms with van der Waals surface area (Å²) in [7, 11) is -2.12. The van der Waals surface area contributed by atoms with Crippen molar-refractivity contribution >= 4 is 19.3 Å². The second kappa shape index (κ2) is 12.4. The van der Waals surface area contributed by atoms with Crippen molar-refractivity contribution in [3.05, 3.63) is 47.5 Å². The second-order valence-electron chi connectivity index (χ2n) is 10.8. The van der Waals surface area contributed by atoms with Crippen LogP contribution in [0.4, 0.5) is 13.6 Å². The smallest absolute Gasteiger partial charge is 0.441 e. The Bertz CT molecular complexity index is 1100. The Morgan fingerprint density at radius 2 is 1.92 bits per heavy atom. The van der Waals surface area contributed by atoms with Gasteiger partial charge >= 0.3 is 13.4 Å². The summed E-state index contributed by atoms with van der Waals surface area (Å²) in [5.74, 6) is -3.38. The first kappa shape index (κ1) is 30.5. The number of piperidine rings is 1. The molecule has 13 heteroatoms. The zero-order valence-corrected chi connectivity index (χ0v) is 22.4. The Balaban J connectivity index is 1.65. The molecule has 0 bridgehead atoms. The number of nitrogens with one attached hydrogen (secondary N) is 1. The molecule has 10 nitrogen and oxygen atoms in total. The molecular weight excluding hydrogens is 513 g/mol. The molecule has 212 valence electrons. The number of nitriles is 1. The minimum Gasteiger partial charge on any atom is -0.441 e. The van der Waals surface area contributed by atoms with Crippen LogP contribution in [0, 0.1) is 11.3 Å². The largest absolute Gasteiger partial charge is 0.635 e. The summed E-state index contributed by atoms with van der Waals surface area (Å²) in [5.41, 5.74) is -1.43. The molecule has 39 heavy (non-hydrogen) atoms. The van der Waals surface area contributed by atoms with Crippen molar-refractivity contribution in [2.45, 2.75) is 69.7 Å². The van der Waals surface area contributed by atoms with Crippen LogP contribution in [-0.2, 0) is 20.6 Å². The highest BCUT2D eigenvalue weighted by atomic mass is 19.3. The Morgan fingerprint density at radius 1 is 1.23 bits per heavy atom. The summed E-state index contributed by atoms with van der Waals surface area (Å²) in [6.45, 7) is 5.07. The number of hydrogen-bond donors (Lipinski definition) is 3. The molecule has 0 saturated carbocycles. The maximum absolute atomic E-state index is 13.8. The normalized spacial score (nSPS) is 22.6. The van der Waals surface area contributed by atoms with Gasteiger partial charge in [-0.15, -0.1) is 0 Å². The van der Waals surface area contributed by atoms with Gasteiger partial charge in [-0.25, -0.2) is 13.6 Å². The fourth-order valence-corrected chi connectivity index (χ4v) is 4.94. The molecule has 2 aliphatic rings. The fourth-order valence-electron chi connectivity index (χ4n) is 4.94. The van der Waals surface area contributed by atoms with Crippen LogP contribution in [0.2, 0.25) is 0 Å². The lowest BCUT2D eigenvalue weighted by molar-refractivity contribution is -0.133. The molecule has 3 rings (SSSR count). The van der Waals surface area contributed by atoms with E-state index in [2.05, 4.69) is 5.32 Å². The van der Waals surface area contributed by atoms with Crippen molar-refractivity contribution in [2.75, 3.05) is 26.2 Å². The number of ether oxygens (including phenoxy) is 1. The molecule has 0 aromatic heterocycles. The van der Waals surface area contributed by atoms with E-state index in [0.29, 0.717) is 19.4 Å². The predicted molar refractivity (Wildman–Crippen MR) is 138 cm³/mol. The summed E-state index contributed by atoms with van der Waals surface area (Å²) in [5, 5.41) is 30.7. The van der Waals surface area contributed by atoms with E-state index >= 15 is 0 Å². The molecule has 2 atom stereocenters. The summed E-state index contributed by atoms with van der Waals surface area (Å²) in [6.07, 6.45) is 0.245. The third-order valence-electron chi connectivity index (χ3n) is 6.95. The Labute approximate surface area is 227 Å². The summed E-state index contributed by atoms with van der Waals surface area (Å²) in [6, 6.07) is 10.9. The minimum atomic E-state index is -2.81. The maximum atomic E-state index is 13.8. The number of carbonyl (C=O) groups excluding carboxylic acids is 2. The van der Waals surface area contributed by atoms with Gasteiger partial charge in [-0.3, -0.25) is 15.0 Å². The van der Waals surface area contributed by atoms with Crippen LogP contribution in [0.25, 0.3) is 0 Å². The zero-order chi connectivity index (χ0) is 28.8. The van der Waals surface area contributed by atoms with E-state index in [4.69, 9.17) is 9.39 Å². The third kappa shape index (κ3) is 8.73. The zero-order valence-electron chi connectivity index (χ0n) is 22.4. The van der Waals surface area contributed by atoms with Gasteiger partial charge in [0.25, 0.3) is 11.8 Å². The van der Waals surface area contributed by atoms with Gasteiger partial charge in [0.2, 0.25) is 0 Å². The van der Waals surface area contributed by atoms with Gasteiger partial charge in [0.15, 0.2) is 0 Å². The molecule has 0 unspecified atom stereocenters. The summed E-state index contributed by atoms with van der Waals surface area (Å²) < 4.78 is 38.1. The van der Waals surface area contributed by atoms with E-state index in [0.717, 1.165) is 5.56 Å². The maximum Gasteiger partial charge on any atom is 0.635 e. The van der Waals surface area contributed by atoms with Gasteiger partial charge in [0.1, 0.15) is 23.5 Å². The van der Waals surface area contributed by atoms with Crippen molar-refractivity contribution in [3.8, 4) is 6.07 Å². The number of carbonyl (C=O) groups is 2. The van der Waals surface area contributed by atoms with Crippen molar-refractivity contribution < 1.29 is 37.8 Å². The van der Waals surface area contributed by atoms with Gasteiger partial charge in [-0.05, 0) is 45.3 Å². The number of nitrogens with zero attached hydrogens (tertiary/aromatic N) is 3. The SMILES string of the molecule is CC(C)(C=C(C#N)C(=O)N1CCC[C@@](C)(OC(=O)N[C@@H](Cc2ccccc2)OB(O)O)C1)N1CCC(F)(F)C1. The highest BCUT2D eigenvalue weighted by Gasteiger charge is 2.44. The van der Waals surface area contributed by atoms with Gasteiger partial charge < -0.3 is 24.3 Å². The topological polar surface area (TPSA) is 135 Å². The fraction of sp³-hybridized carbons (Fsp3) is 0.577. The van der Waals surface area contributed by atoms with Crippen molar-refractivity contribution in [3.63, 3.8) is 0 Å². The first-order valence-electron chi connectivity index (χ1n) is 12.8. The molecule has 0 radical (unpaired) electrons. The minimum absolute atomic E-state index is 0.00726. The van der Waals surface area contributed by atoms with E-state index in [-0.39, 0.29) is 31.5 Å². The number of alkyl carbamates (subject to hydrolysis) is 1. The van der Waals surface area contributed by atoms with Crippen molar-refractivity contribution in [2.24, 2.45) is 0 Å². The molecular formula is C26H35BF2N4O6. The molecule has 2 heterocycles. The number of halogens is 2. The number of amides is 2. The lowest BCUT2D eigenvalue weighted by Gasteiger charge is -2.40. The molecule has 3 N–H and O–H groups in total. The van der Waals surface area contributed by atoms with E-state index in [9.17, 15) is 33.7 Å². The van der Waals surface area contributed by atoms with Crippen molar-refractivity contribution in [1.82, 2.24) is 15.1 Å². The van der Waals surface area contributed by atoms with E-state index in [1.165, 1.54) is 11.0 Å². The average molecular weight is 548 g/mol. The predicted octanol–water partition coefficient (Wildman–Crippen LogP) is 2.22. The molecule has 2 aliphatic heterocycles. The molecule has 2 fully saturated rings. The number of hydrogen-bond acceptors (Lipinski definition) is 8. The standard InChI is InChI=1S/C26H35BF2N4O6/c1-24(2,33-13-11-26(28,29)18-33)15-20(16-30)22(34)32-12-7-10-25(3,17-32)38-23(35)31-21(39-27(36)37)14-19-8-5-4-6-9-19/h4-6,8-9,15,21,36-37H,7,10-14,17-18H2,1-3H3,(H,31,35)/t21-,25-/m1/s1. The number of likely N-dealkylation sites (tertiary alicyclic amines) is 2.